The van der Waals surface area contributed by atoms with E-state index < -0.39 is 22.0 Å². The minimum atomic E-state index is -3.68. The smallest absolute Gasteiger partial charge is 0.304 e. The molecule has 0 fully saturated rings. The van der Waals surface area contributed by atoms with Crippen LogP contribution in [0.3, 0.4) is 0 Å². The molecule has 1 heterocycles. The maximum atomic E-state index is 12.1. The SMILES string of the molecule is CCN(C(C)CC(=O)O)S(=O)(=O)c1ccoc1. The van der Waals surface area contributed by atoms with Gasteiger partial charge in [0.05, 0.1) is 12.7 Å². The van der Waals surface area contributed by atoms with E-state index in [1.807, 2.05) is 0 Å². The summed E-state index contributed by atoms with van der Waals surface area (Å²) in [6.45, 7) is 3.44. The van der Waals surface area contributed by atoms with Crippen molar-refractivity contribution in [3.05, 3.63) is 18.6 Å². The summed E-state index contributed by atoms with van der Waals surface area (Å²) in [5.74, 6) is -1.03. The van der Waals surface area contributed by atoms with Crippen LogP contribution in [0.5, 0.6) is 0 Å². The largest absolute Gasteiger partial charge is 0.481 e. The molecule has 6 nitrogen and oxygen atoms in total. The van der Waals surface area contributed by atoms with Crippen molar-refractivity contribution >= 4 is 16.0 Å². The average molecular weight is 261 g/mol. The van der Waals surface area contributed by atoms with Crippen LogP contribution in [0.2, 0.25) is 0 Å². The molecule has 0 aromatic carbocycles. The van der Waals surface area contributed by atoms with E-state index in [0.717, 1.165) is 10.6 Å². The Kier molecular flexibility index (Phi) is 4.30. The fraction of sp³-hybridized carbons (Fsp3) is 0.500. The molecular formula is C10H15NO5S. The molecular weight excluding hydrogens is 246 g/mol. The van der Waals surface area contributed by atoms with Crippen molar-refractivity contribution in [2.45, 2.75) is 31.2 Å². The van der Waals surface area contributed by atoms with E-state index >= 15 is 0 Å². The first-order valence-corrected chi connectivity index (χ1v) is 6.59. The zero-order chi connectivity index (χ0) is 13.1. The first-order valence-electron chi connectivity index (χ1n) is 5.15. The first kappa shape index (κ1) is 13.7. The number of carbonyl (C=O) groups is 1. The van der Waals surface area contributed by atoms with E-state index in [1.54, 1.807) is 13.8 Å². The standard InChI is InChI=1S/C10H15NO5S/c1-3-11(8(2)6-10(12)13)17(14,15)9-4-5-16-7-9/h4-5,7-8H,3,6H2,1-2H3,(H,12,13). The average Bonchev–Trinajstić information content (AvgIpc) is 2.69. The van der Waals surface area contributed by atoms with Gasteiger partial charge in [0.15, 0.2) is 0 Å². The van der Waals surface area contributed by atoms with Gasteiger partial charge in [-0.3, -0.25) is 4.79 Å². The van der Waals surface area contributed by atoms with Crippen molar-refractivity contribution < 1.29 is 22.7 Å². The van der Waals surface area contributed by atoms with Crippen LogP contribution in [0, 0.1) is 0 Å². The molecule has 1 atom stereocenters. The molecule has 0 bridgehead atoms. The molecule has 17 heavy (non-hydrogen) atoms. The van der Waals surface area contributed by atoms with Gasteiger partial charge in [0.2, 0.25) is 10.0 Å². The Morgan fingerprint density at radius 3 is 2.65 bits per heavy atom. The summed E-state index contributed by atoms with van der Waals surface area (Å²) in [5, 5.41) is 8.68. The highest BCUT2D eigenvalue weighted by Crippen LogP contribution is 2.19. The molecule has 0 aliphatic rings. The van der Waals surface area contributed by atoms with Crippen molar-refractivity contribution in [1.82, 2.24) is 4.31 Å². The van der Waals surface area contributed by atoms with E-state index in [2.05, 4.69) is 0 Å². The Hall–Kier alpha value is -1.34. The number of sulfonamides is 1. The van der Waals surface area contributed by atoms with Gasteiger partial charge in [0.1, 0.15) is 11.2 Å². The molecule has 96 valence electrons. The number of hydrogen-bond donors (Lipinski definition) is 1. The Bertz CT molecular complexity index is 465. The Labute approximate surface area is 99.9 Å². The van der Waals surface area contributed by atoms with Gasteiger partial charge in [-0.25, -0.2) is 8.42 Å². The molecule has 0 radical (unpaired) electrons. The zero-order valence-electron chi connectivity index (χ0n) is 9.66. The van der Waals surface area contributed by atoms with Gasteiger partial charge in [0, 0.05) is 12.6 Å². The Balaban J connectivity index is 2.98. The van der Waals surface area contributed by atoms with Crippen molar-refractivity contribution in [1.29, 1.82) is 0 Å². The lowest BCUT2D eigenvalue weighted by molar-refractivity contribution is -0.137. The minimum absolute atomic E-state index is 0.0385. The van der Waals surface area contributed by atoms with Crippen LogP contribution >= 0.6 is 0 Å². The van der Waals surface area contributed by atoms with Gasteiger partial charge in [0.25, 0.3) is 0 Å². The van der Waals surface area contributed by atoms with Crippen LogP contribution in [-0.4, -0.2) is 36.4 Å². The highest BCUT2D eigenvalue weighted by Gasteiger charge is 2.29. The maximum Gasteiger partial charge on any atom is 0.304 e. The summed E-state index contributed by atoms with van der Waals surface area (Å²) < 4.78 is 30.1. The lowest BCUT2D eigenvalue weighted by Gasteiger charge is -2.25. The zero-order valence-corrected chi connectivity index (χ0v) is 10.5. The van der Waals surface area contributed by atoms with Gasteiger partial charge in [-0.15, -0.1) is 0 Å². The molecule has 0 spiro atoms. The maximum absolute atomic E-state index is 12.1. The summed E-state index contributed by atoms with van der Waals surface area (Å²) in [4.78, 5) is 10.6. The fourth-order valence-electron chi connectivity index (χ4n) is 1.61. The van der Waals surface area contributed by atoms with Gasteiger partial charge < -0.3 is 9.52 Å². The number of rotatable bonds is 6. The fourth-order valence-corrected chi connectivity index (χ4v) is 3.17. The molecule has 1 N–H and O–H groups in total. The summed E-state index contributed by atoms with van der Waals surface area (Å²) in [7, 11) is -3.68. The number of furan rings is 1. The predicted molar refractivity (Wildman–Crippen MR) is 60.0 cm³/mol. The van der Waals surface area contributed by atoms with Crippen molar-refractivity contribution in [3.63, 3.8) is 0 Å². The van der Waals surface area contributed by atoms with E-state index in [9.17, 15) is 13.2 Å². The monoisotopic (exact) mass is 261 g/mol. The summed E-state index contributed by atoms with van der Waals surface area (Å²) >= 11 is 0. The first-order chi connectivity index (χ1) is 7.89. The second-order valence-corrected chi connectivity index (χ2v) is 5.50. The third-order valence-corrected chi connectivity index (χ3v) is 4.44. The second-order valence-electron chi connectivity index (χ2n) is 3.61. The highest BCUT2D eigenvalue weighted by atomic mass is 32.2. The van der Waals surface area contributed by atoms with Crippen LogP contribution < -0.4 is 0 Å². The topological polar surface area (TPSA) is 87.8 Å². The molecule has 0 saturated carbocycles. The molecule has 1 rings (SSSR count). The van der Waals surface area contributed by atoms with Gasteiger partial charge >= 0.3 is 5.97 Å². The summed E-state index contributed by atoms with van der Waals surface area (Å²) in [5.41, 5.74) is 0. The lowest BCUT2D eigenvalue weighted by atomic mass is 10.2. The van der Waals surface area contributed by atoms with Crippen LogP contribution in [0.4, 0.5) is 0 Å². The van der Waals surface area contributed by atoms with Crippen LogP contribution in [0.1, 0.15) is 20.3 Å². The molecule has 7 heteroatoms. The quantitative estimate of drug-likeness (QED) is 0.830. The third kappa shape index (κ3) is 3.07. The molecule has 0 amide bonds. The number of nitrogens with zero attached hydrogens (tertiary/aromatic N) is 1. The molecule has 1 aromatic rings. The van der Waals surface area contributed by atoms with Crippen LogP contribution in [0.25, 0.3) is 0 Å². The summed E-state index contributed by atoms with van der Waals surface area (Å²) in [6, 6.07) is 0.739. The summed E-state index contributed by atoms with van der Waals surface area (Å²) in [6.07, 6.45) is 2.17. The second kappa shape index (κ2) is 5.33. The lowest BCUT2D eigenvalue weighted by Crippen LogP contribution is -2.39. The van der Waals surface area contributed by atoms with Gasteiger partial charge in [-0.05, 0) is 13.0 Å². The van der Waals surface area contributed by atoms with E-state index in [0.29, 0.717) is 0 Å². The Morgan fingerprint density at radius 1 is 1.59 bits per heavy atom. The van der Waals surface area contributed by atoms with Crippen molar-refractivity contribution in [3.8, 4) is 0 Å². The predicted octanol–water partition coefficient (Wildman–Crippen LogP) is 1.15. The van der Waals surface area contributed by atoms with Gasteiger partial charge in [-0.1, -0.05) is 6.92 Å². The third-order valence-electron chi connectivity index (χ3n) is 2.37. The number of aliphatic carboxylic acids is 1. The molecule has 1 aromatic heterocycles. The normalized spacial score (nSPS) is 13.8. The van der Waals surface area contributed by atoms with E-state index in [4.69, 9.17) is 9.52 Å². The van der Waals surface area contributed by atoms with E-state index in [1.165, 1.54) is 12.3 Å². The van der Waals surface area contributed by atoms with Crippen LogP contribution in [0.15, 0.2) is 27.9 Å². The Morgan fingerprint density at radius 2 is 2.24 bits per heavy atom. The number of carboxylic acids is 1. The number of hydrogen-bond acceptors (Lipinski definition) is 4. The van der Waals surface area contributed by atoms with Crippen molar-refractivity contribution in [2.75, 3.05) is 6.54 Å². The minimum Gasteiger partial charge on any atom is -0.481 e. The van der Waals surface area contributed by atoms with Crippen LogP contribution in [-0.2, 0) is 14.8 Å². The molecule has 0 aliphatic heterocycles. The van der Waals surface area contributed by atoms with Gasteiger partial charge in [-0.2, -0.15) is 4.31 Å². The van der Waals surface area contributed by atoms with Crippen molar-refractivity contribution in [2.24, 2.45) is 0 Å². The highest BCUT2D eigenvalue weighted by molar-refractivity contribution is 7.89. The van der Waals surface area contributed by atoms with E-state index in [-0.39, 0.29) is 17.9 Å². The molecule has 0 saturated heterocycles. The number of carboxylic acid groups (broad SMARTS) is 1. The molecule has 1 unspecified atom stereocenters. The molecule has 0 aliphatic carbocycles.